The summed E-state index contributed by atoms with van der Waals surface area (Å²) in [6.45, 7) is 1.87. The molecule has 0 aliphatic carbocycles. The standard InChI is InChI=1S/C16H12ClN3O3/c1-9-2-3-10(6-14(9)17)19-16(21)13-8-18-15-5-4-11(20(22)23)7-12(13)15/h2-8,18H,1H3,(H,19,21). The fraction of sp³-hybridized carbons (Fsp3) is 0.0625. The van der Waals surface area contributed by atoms with E-state index in [2.05, 4.69) is 10.3 Å². The van der Waals surface area contributed by atoms with Crippen molar-refractivity contribution < 1.29 is 9.72 Å². The van der Waals surface area contributed by atoms with E-state index < -0.39 is 4.92 Å². The maximum absolute atomic E-state index is 12.4. The topological polar surface area (TPSA) is 88.0 Å². The average molecular weight is 330 g/mol. The van der Waals surface area contributed by atoms with Crippen LogP contribution in [0.15, 0.2) is 42.6 Å². The summed E-state index contributed by atoms with van der Waals surface area (Å²) in [5.41, 5.74) is 2.39. The van der Waals surface area contributed by atoms with E-state index in [0.717, 1.165) is 5.56 Å². The van der Waals surface area contributed by atoms with Gasteiger partial charge in [-0.1, -0.05) is 17.7 Å². The summed E-state index contributed by atoms with van der Waals surface area (Å²) >= 11 is 6.04. The number of carbonyl (C=O) groups is 1. The van der Waals surface area contributed by atoms with Gasteiger partial charge in [0.25, 0.3) is 11.6 Å². The van der Waals surface area contributed by atoms with Gasteiger partial charge in [-0.05, 0) is 30.7 Å². The maximum atomic E-state index is 12.4. The Morgan fingerprint density at radius 2 is 2.04 bits per heavy atom. The molecule has 0 spiro atoms. The van der Waals surface area contributed by atoms with Gasteiger partial charge in [0.15, 0.2) is 0 Å². The number of H-pyrrole nitrogens is 1. The Kier molecular flexibility index (Phi) is 3.75. The first-order chi connectivity index (χ1) is 11.0. The average Bonchev–Trinajstić information content (AvgIpc) is 2.94. The van der Waals surface area contributed by atoms with Crippen molar-refractivity contribution in [3.8, 4) is 0 Å². The zero-order chi connectivity index (χ0) is 16.6. The quantitative estimate of drug-likeness (QED) is 0.555. The fourth-order valence-corrected chi connectivity index (χ4v) is 2.46. The molecular formula is C16H12ClN3O3. The Morgan fingerprint density at radius 3 is 2.74 bits per heavy atom. The van der Waals surface area contributed by atoms with Crippen LogP contribution in [0.3, 0.4) is 0 Å². The molecule has 0 saturated carbocycles. The van der Waals surface area contributed by atoms with E-state index in [9.17, 15) is 14.9 Å². The largest absolute Gasteiger partial charge is 0.360 e. The second-order valence-corrected chi connectivity index (χ2v) is 5.51. The number of non-ortho nitro benzene ring substituents is 1. The first-order valence-electron chi connectivity index (χ1n) is 6.79. The van der Waals surface area contributed by atoms with E-state index in [1.165, 1.54) is 18.3 Å². The molecule has 0 atom stereocenters. The van der Waals surface area contributed by atoms with Crippen molar-refractivity contribution in [1.82, 2.24) is 4.98 Å². The number of rotatable bonds is 3. The number of carbonyl (C=O) groups excluding carboxylic acids is 1. The van der Waals surface area contributed by atoms with Crippen LogP contribution in [-0.2, 0) is 0 Å². The summed E-state index contributed by atoms with van der Waals surface area (Å²) in [6.07, 6.45) is 1.53. The normalized spacial score (nSPS) is 10.7. The minimum atomic E-state index is -0.492. The van der Waals surface area contributed by atoms with Crippen LogP contribution in [0.5, 0.6) is 0 Å². The zero-order valence-electron chi connectivity index (χ0n) is 12.1. The number of benzene rings is 2. The summed E-state index contributed by atoms with van der Waals surface area (Å²) in [5, 5.41) is 14.7. The number of nitrogens with zero attached hydrogens (tertiary/aromatic N) is 1. The van der Waals surface area contributed by atoms with Crippen LogP contribution < -0.4 is 5.32 Å². The van der Waals surface area contributed by atoms with Gasteiger partial charge in [0, 0.05) is 39.9 Å². The molecule has 2 aromatic carbocycles. The van der Waals surface area contributed by atoms with Crippen LogP contribution in [0.2, 0.25) is 5.02 Å². The van der Waals surface area contributed by atoms with E-state index in [0.29, 0.717) is 27.2 Å². The van der Waals surface area contributed by atoms with Crippen LogP contribution in [0.4, 0.5) is 11.4 Å². The number of hydrogen-bond acceptors (Lipinski definition) is 3. The van der Waals surface area contributed by atoms with Crippen molar-refractivity contribution in [2.75, 3.05) is 5.32 Å². The molecule has 2 N–H and O–H groups in total. The summed E-state index contributed by atoms with van der Waals surface area (Å²) in [7, 11) is 0. The Bertz CT molecular complexity index is 933. The van der Waals surface area contributed by atoms with Crippen molar-refractivity contribution in [3.63, 3.8) is 0 Å². The summed E-state index contributed by atoms with van der Waals surface area (Å²) in [5.74, 6) is -0.364. The summed E-state index contributed by atoms with van der Waals surface area (Å²) in [6, 6.07) is 9.55. The Morgan fingerprint density at radius 1 is 1.26 bits per heavy atom. The third-order valence-corrected chi connectivity index (χ3v) is 3.96. The molecule has 0 aliphatic heterocycles. The number of fused-ring (bicyclic) bond motifs is 1. The van der Waals surface area contributed by atoms with E-state index in [4.69, 9.17) is 11.6 Å². The summed E-state index contributed by atoms with van der Waals surface area (Å²) < 4.78 is 0. The molecular weight excluding hydrogens is 318 g/mol. The highest BCUT2D eigenvalue weighted by atomic mass is 35.5. The summed E-state index contributed by atoms with van der Waals surface area (Å²) in [4.78, 5) is 25.8. The molecule has 0 radical (unpaired) electrons. The highest BCUT2D eigenvalue weighted by Gasteiger charge is 2.15. The number of anilines is 1. The van der Waals surface area contributed by atoms with Gasteiger partial charge >= 0.3 is 0 Å². The van der Waals surface area contributed by atoms with Crippen molar-refractivity contribution >= 4 is 39.8 Å². The lowest BCUT2D eigenvalue weighted by molar-refractivity contribution is -0.384. The smallest absolute Gasteiger partial charge is 0.270 e. The fourth-order valence-electron chi connectivity index (χ4n) is 2.28. The lowest BCUT2D eigenvalue weighted by Crippen LogP contribution is -2.11. The lowest BCUT2D eigenvalue weighted by atomic mass is 10.1. The van der Waals surface area contributed by atoms with Crippen molar-refractivity contribution in [1.29, 1.82) is 0 Å². The van der Waals surface area contributed by atoms with Gasteiger partial charge < -0.3 is 10.3 Å². The second kappa shape index (κ2) is 5.73. The first-order valence-corrected chi connectivity index (χ1v) is 7.16. The van der Waals surface area contributed by atoms with Gasteiger partial charge in [-0.15, -0.1) is 0 Å². The highest BCUT2D eigenvalue weighted by Crippen LogP contribution is 2.25. The zero-order valence-corrected chi connectivity index (χ0v) is 12.8. The number of aryl methyl sites for hydroxylation is 1. The van der Waals surface area contributed by atoms with Crippen LogP contribution in [-0.4, -0.2) is 15.8 Å². The lowest BCUT2D eigenvalue weighted by Gasteiger charge is -2.06. The molecule has 3 rings (SSSR count). The van der Waals surface area contributed by atoms with Crippen LogP contribution in [0, 0.1) is 17.0 Å². The van der Waals surface area contributed by atoms with Gasteiger partial charge in [0.1, 0.15) is 0 Å². The van der Waals surface area contributed by atoms with Crippen LogP contribution in [0.1, 0.15) is 15.9 Å². The number of nitrogens with one attached hydrogen (secondary N) is 2. The molecule has 3 aromatic rings. The predicted octanol–water partition coefficient (Wildman–Crippen LogP) is 4.29. The number of amides is 1. The molecule has 0 unspecified atom stereocenters. The third-order valence-electron chi connectivity index (χ3n) is 3.55. The molecule has 1 amide bonds. The Hall–Kier alpha value is -2.86. The van der Waals surface area contributed by atoms with Gasteiger partial charge in [-0.25, -0.2) is 0 Å². The highest BCUT2D eigenvalue weighted by molar-refractivity contribution is 6.31. The molecule has 0 fully saturated rings. The van der Waals surface area contributed by atoms with E-state index in [1.54, 1.807) is 24.3 Å². The SMILES string of the molecule is Cc1ccc(NC(=O)c2c[nH]c3ccc([N+](=O)[O-])cc23)cc1Cl. The van der Waals surface area contributed by atoms with E-state index in [-0.39, 0.29) is 11.6 Å². The molecule has 7 heteroatoms. The maximum Gasteiger partial charge on any atom is 0.270 e. The minimum absolute atomic E-state index is 0.0652. The van der Waals surface area contributed by atoms with Crippen LogP contribution >= 0.6 is 11.6 Å². The van der Waals surface area contributed by atoms with Crippen molar-refractivity contribution in [3.05, 3.63) is 68.9 Å². The number of halogens is 1. The van der Waals surface area contributed by atoms with Gasteiger partial charge in [0.05, 0.1) is 10.5 Å². The number of nitro groups is 1. The molecule has 1 heterocycles. The Labute approximate surface area is 136 Å². The Balaban J connectivity index is 1.95. The second-order valence-electron chi connectivity index (χ2n) is 5.11. The number of aromatic amines is 1. The van der Waals surface area contributed by atoms with Crippen molar-refractivity contribution in [2.45, 2.75) is 6.92 Å². The van der Waals surface area contributed by atoms with Crippen molar-refractivity contribution in [2.24, 2.45) is 0 Å². The number of hydrogen-bond donors (Lipinski definition) is 2. The molecule has 6 nitrogen and oxygen atoms in total. The number of aromatic nitrogens is 1. The van der Waals surface area contributed by atoms with Crippen LogP contribution in [0.25, 0.3) is 10.9 Å². The molecule has 116 valence electrons. The number of nitro benzene ring substituents is 1. The van der Waals surface area contributed by atoms with E-state index in [1.807, 2.05) is 6.92 Å². The molecule has 1 aromatic heterocycles. The van der Waals surface area contributed by atoms with Gasteiger partial charge in [0.2, 0.25) is 0 Å². The molecule has 0 aliphatic rings. The third kappa shape index (κ3) is 2.89. The molecule has 23 heavy (non-hydrogen) atoms. The van der Waals surface area contributed by atoms with E-state index >= 15 is 0 Å². The first kappa shape index (κ1) is 15.1. The predicted molar refractivity (Wildman–Crippen MR) is 89.1 cm³/mol. The van der Waals surface area contributed by atoms with Gasteiger partial charge in [-0.2, -0.15) is 0 Å². The minimum Gasteiger partial charge on any atom is -0.360 e. The van der Waals surface area contributed by atoms with Gasteiger partial charge in [-0.3, -0.25) is 14.9 Å². The monoisotopic (exact) mass is 329 g/mol. The molecule has 0 bridgehead atoms. The molecule has 0 saturated heterocycles.